The lowest BCUT2D eigenvalue weighted by atomic mass is 9.89. The highest BCUT2D eigenvalue weighted by Gasteiger charge is 2.34. The molecule has 2 N–H and O–H groups in total. The van der Waals surface area contributed by atoms with Gasteiger partial charge in [-0.1, -0.05) is 42.5 Å². The third kappa shape index (κ3) is 5.16. The maximum Gasteiger partial charge on any atom is 0.338 e. The normalized spacial score (nSPS) is 19.9. The van der Waals surface area contributed by atoms with Crippen LogP contribution < -0.4 is 10.6 Å². The predicted molar refractivity (Wildman–Crippen MR) is 119 cm³/mol. The Morgan fingerprint density at radius 1 is 1.12 bits per heavy atom. The van der Waals surface area contributed by atoms with Crippen LogP contribution in [0.4, 0.5) is 9.18 Å². The molecular formula is C25H28FN3O3. The third-order valence-corrected chi connectivity index (χ3v) is 6.20. The maximum atomic E-state index is 13.8. The van der Waals surface area contributed by atoms with Crippen molar-refractivity contribution in [1.82, 2.24) is 15.5 Å². The summed E-state index contributed by atoms with van der Waals surface area (Å²) >= 11 is 0. The summed E-state index contributed by atoms with van der Waals surface area (Å²) in [6, 6.07) is 15.2. The van der Waals surface area contributed by atoms with Gasteiger partial charge in [0.2, 0.25) is 0 Å². The van der Waals surface area contributed by atoms with Crippen LogP contribution in [0.1, 0.15) is 30.0 Å². The molecule has 2 aromatic carbocycles. The number of piperidine rings is 1. The number of hydrogen-bond acceptors (Lipinski definition) is 4. The number of hydrogen-bond donors (Lipinski definition) is 2. The fourth-order valence-electron chi connectivity index (χ4n) is 4.55. The number of esters is 1. The molecular weight excluding hydrogens is 409 g/mol. The number of carbonyl (C=O) groups excluding carboxylic acids is 2. The first-order valence-corrected chi connectivity index (χ1v) is 10.9. The number of amides is 2. The molecule has 168 valence electrons. The Balaban J connectivity index is 1.50. The van der Waals surface area contributed by atoms with Crippen molar-refractivity contribution in [3.05, 3.63) is 82.8 Å². The number of nitrogens with zero attached hydrogens (tertiary/aromatic N) is 1. The van der Waals surface area contributed by atoms with Crippen molar-refractivity contribution in [2.75, 3.05) is 26.7 Å². The zero-order chi connectivity index (χ0) is 22.5. The topological polar surface area (TPSA) is 70.7 Å². The monoisotopic (exact) mass is 437 g/mol. The van der Waals surface area contributed by atoms with Crippen LogP contribution in [0, 0.1) is 11.7 Å². The molecule has 2 aromatic rings. The number of carbonyl (C=O) groups is 2. The van der Waals surface area contributed by atoms with E-state index in [1.54, 1.807) is 12.1 Å². The van der Waals surface area contributed by atoms with E-state index >= 15 is 0 Å². The molecule has 2 aliphatic heterocycles. The minimum absolute atomic E-state index is 0.309. The number of likely N-dealkylation sites (tertiary alicyclic amines) is 1. The summed E-state index contributed by atoms with van der Waals surface area (Å²) in [5.74, 6) is -0.354. The van der Waals surface area contributed by atoms with E-state index < -0.39 is 23.9 Å². The van der Waals surface area contributed by atoms with Crippen LogP contribution in [-0.2, 0) is 16.0 Å². The Labute approximate surface area is 187 Å². The second-order valence-corrected chi connectivity index (χ2v) is 8.38. The van der Waals surface area contributed by atoms with Crippen molar-refractivity contribution in [3.8, 4) is 0 Å². The van der Waals surface area contributed by atoms with Gasteiger partial charge in [-0.2, -0.15) is 0 Å². The lowest BCUT2D eigenvalue weighted by Gasteiger charge is -2.35. The summed E-state index contributed by atoms with van der Waals surface area (Å²) in [6.45, 7) is 2.19. The number of methoxy groups -OCH3 is 1. The Kier molecular flexibility index (Phi) is 6.85. The van der Waals surface area contributed by atoms with Gasteiger partial charge in [-0.15, -0.1) is 0 Å². The first-order valence-electron chi connectivity index (χ1n) is 10.9. The summed E-state index contributed by atoms with van der Waals surface area (Å²) in [5.41, 5.74) is 2.67. The Morgan fingerprint density at radius 2 is 1.88 bits per heavy atom. The van der Waals surface area contributed by atoms with Crippen molar-refractivity contribution in [2.24, 2.45) is 5.92 Å². The van der Waals surface area contributed by atoms with Crippen LogP contribution in [0.25, 0.3) is 0 Å². The van der Waals surface area contributed by atoms with E-state index in [9.17, 15) is 14.0 Å². The van der Waals surface area contributed by atoms with Crippen molar-refractivity contribution in [3.63, 3.8) is 0 Å². The minimum Gasteiger partial charge on any atom is -0.466 e. The van der Waals surface area contributed by atoms with Gasteiger partial charge >= 0.3 is 12.0 Å². The van der Waals surface area contributed by atoms with Crippen molar-refractivity contribution >= 4 is 12.0 Å². The van der Waals surface area contributed by atoms with Crippen LogP contribution in [0.3, 0.4) is 0 Å². The van der Waals surface area contributed by atoms with Crippen LogP contribution in [0.2, 0.25) is 0 Å². The molecule has 6 nitrogen and oxygen atoms in total. The highest BCUT2D eigenvalue weighted by Crippen LogP contribution is 2.29. The van der Waals surface area contributed by atoms with Crippen LogP contribution in [0.5, 0.6) is 0 Å². The smallest absolute Gasteiger partial charge is 0.338 e. The molecule has 2 aliphatic rings. The Bertz CT molecular complexity index is 1000. The Hall–Kier alpha value is -3.19. The van der Waals surface area contributed by atoms with Crippen molar-refractivity contribution < 1.29 is 18.7 Å². The summed E-state index contributed by atoms with van der Waals surface area (Å²) in [7, 11) is 1.31. The van der Waals surface area contributed by atoms with Gasteiger partial charge < -0.3 is 15.4 Å². The summed E-state index contributed by atoms with van der Waals surface area (Å²) in [4.78, 5) is 27.3. The van der Waals surface area contributed by atoms with E-state index in [1.165, 1.54) is 24.8 Å². The minimum atomic E-state index is -0.766. The van der Waals surface area contributed by atoms with Gasteiger partial charge in [-0.3, -0.25) is 4.90 Å². The fraction of sp³-hybridized carbons (Fsp3) is 0.360. The molecule has 7 heteroatoms. The largest absolute Gasteiger partial charge is 0.466 e. The second kappa shape index (κ2) is 9.96. The number of benzene rings is 2. The van der Waals surface area contributed by atoms with Gasteiger partial charge in [0.25, 0.3) is 0 Å². The number of ether oxygens (including phenoxy) is 1. The van der Waals surface area contributed by atoms with Gasteiger partial charge in [-0.25, -0.2) is 14.0 Å². The molecule has 0 spiro atoms. The summed E-state index contributed by atoms with van der Waals surface area (Å²) in [6.07, 6.45) is 3.16. The number of urea groups is 1. The molecule has 0 aromatic heterocycles. The van der Waals surface area contributed by atoms with Gasteiger partial charge in [0, 0.05) is 12.2 Å². The molecule has 0 aliphatic carbocycles. The average molecular weight is 438 g/mol. The molecule has 32 heavy (non-hydrogen) atoms. The van der Waals surface area contributed by atoms with Gasteiger partial charge in [0.1, 0.15) is 5.82 Å². The molecule has 0 unspecified atom stereocenters. The van der Waals surface area contributed by atoms with E-state index in [1.807, 2.05) is 6.07 Å². The molecule has 4 rings (SSSR count). The number of nitrogens with one attached hydrogen (secondary N) is 2. The van der Waals surface area contributed by atoms with E-state index in [-0.39, 0.29) is 0 Å². The average Bonchev–Trinajstić information content (AvgIpc) is 2.80. The zero-order valence-corrected chi connectivity index (χ0v) is 18.1. The summed E-state index contributed by atoms with van der Waals surface area (Å²) < 4.78 is 18.8. The van der Waals surface area contributed by atoms with Gasteiger partial charge in [0.15, 0.2) is 0 Å². The maximum absolute atomic E-state index is 13.8. The SMILES string of the molecule is COC(=O)C1=C(CN2CCC(Cc3ccccc3)CC2)NC(=O)N[C@@H]1c1cccc(F)c1. The van der Waals surface area contributed by atoms with E-state index in [4.69, 9.17) is 4.74 Å². The molecule has 0 radical (unpaired) electrons. The third-order valence-electron chi connectivity index (χ3n) is 6.20. The second-order valence-electron chi connectivity index (χ2n) is 8.38. The quantitative estimate of drug-likeness (QED) is 0.678. The lowest BCUT2D eigenvalue weighted by Crippen LogP contribution is -2.49. The van der Waals surface area contributed by atoms with E-state index in [0.717, 1.165) is 32.4 Å². The van der Waals surface area contributed by atoms with E-state index in [2.05, 4.69) is 39.8 Å². The molecule has 0 bridgehead atoms. The molecule has 1 atom stereocenters. The predicted octanol–water partition coefficient (Wildman–Crippen LogP) is 3.56. The van der Waals surface area contributed by atoms with E-state index in [0.29, 0.717) is 29.3 Å². The van der Waals surface area contributed by atoms with Crippen molar-refractivity contribution in [2.45, 2.75) is 25.3 Å². The standard InChI is InChI=1S/C25H28FN3O3/c1-32-24(30)22-21(27-25(31)28-23(22)19-8-5-9-20(26)15-19)16-29-12-10-18(11-13-29)14-17-6-3-2-4-7-17/h2-9,15,18,23H,10-14,16H2,1H3,(H2,27,28,31)/t23-/m1/s1. The van der Waals surface area contributed by atoms with Crippen LogP contribution >= 0.6 is 0 Å². The van der Waals surface area contributed by atoms with Crippen LogP contribution in [-0.4, -0.2) is 43.6 Å². The Morgan fingerprint density at radius 3 is 2.56 bits per heavy atom. The molecule has 2 amide bonds. The zero-order valence-electron chi connectivity index (χ0n) is 18.1. The molecule has 0 saturated carbocycles. The van der Waals surface area contributed by atoms with Gasteiger partial charge in [-0.05, 0) is 61.5 Å². The highest BCUT2D eigenvalue weighted by molar-refractivity contribution is 5.95. The summed E-state index contributed by atoms with van der Waals surface area (Å²) in [5, 5.41) is 5.52. The van der Waals surface area contributed by atoms with Crippen molar-refractivity contribution in [1.29, 1.82) is 0 Å². The molecule has 1 fully saturated rings. The number of rotatable bonds is 6. The van der Waals surface area contributed by atoms with Crippen LogP contribution in [0.15, 0.2) is 65.9 Å². The fourth-order valence-corrected chi connectivity index (χ4v) is 4.55. The van der Waals surface area contributed by atoms with Gasteiger partial charge in [0.05, 0.1) is 18.7 Å². The number of halogens is 1. The lowest BCUT2D eigenvalue weighted by molar-refractivity contribution is -0.136. The first kappa shape index (κ1) is 22.0. The molecule has 1 saturated heterocycles. The molecule has 2 heterocycles. The first-order chi connectivity index (χ1) is 15.5. The highest BCUT2D eigenvalue weighted by atomic mass is 19.1.